The van der Waals surface area contributed by atoms with Crippen LogP contribution in [0.5, 0.6) is 0 Å². The van der Waals surface area contributed by atoms with Gasteiger partial charge in [0, 0.05) is 57.1 Å². The maximum atomic E-state index is 4.75. The predicted molar refractivity (Wildman–Crippen MR) is 131 cm³/mol. The monoisotopic (exact) mass is 519 g/mol. The summed E-state index contributed by atoms with van der Waals surface area (Å²) in [6, 6.07) is 10.3. The molecule has 2 aromatic heterocycles. The van der Waals surface area contributed by atoms with Gasteiger partial charge in [-0.15, -0.1) is 24.0 Å². The summed E-state index contributed by atoms with van der Waals surface area (Å²) in [5.41, 5.74) is 5.82. The first-order valence-corrected chi connectivity index (χ1v) is 10.1. The first kappa shape index (κ1) is 22.3. The lowest BCUT2D eigenvalue weighted by Gasteiger charge is -2.21. The molecule has 8 heteroatoms. The summed E-state index contributed by atoms with van der Waals surface area (Å²) in [4.78, 5) is 6.86. The Morgan fingerprint density at radius 2 is 2.00 bits per heavy atom. The molecule has 1 aromatic carbocycles. The van der Waals surface area contributed by atoms with Gasteiger partial charge in [0.2, 0.25) is 0 Å². The van der Waals surface area contributed by atoms with Gasteiger partial charge in [-0.25, -0.2) is 4.68 Å². The number of hydrogen-bond acceptors (Lipinski definition) is 3. The number of rotatable bonds is 4. The van der Waals surface area contributed by atoms with Crippen molar-refractivity contribution in [1.29, 1.82) is 0 Å². The number of para-hydroxylation sites is 1. The van der Waals surface area contributed by atoms with E-state index in [1.54, 1.807) is 0 Å². The molecule has 4 rings (SSSR count). The van der Waals surface area contributed by atoms with Crippen LogP contribution < -0.4 is 5.32 Å². The lowest BCUT2D eigenvalue weighted by molar-refractivity contribution is 0.485. The van der Waals surface area contributed by atoms with Crippen molar-refractivity contribution in [3.05, 3.63) is 65.2 Å². The molecule has 0 radical (unpaired) electrons. The van der Waals surface area contributed by atoms with Crippen LogP contribution in [0.4, 0.5) is 0 Å². The molecule has 0 saturated carbocycles. The molecule has 1 N–H and O–H groups in total. The van der Waals surface area contributed by atoms with E-state index in [1.807, 2.05) is 47.9 Å². The molecular weight excluding hydrogens is 489 g/mol. The molecule has 1 atom stereocenters. The average molecular weight is 519 g/mol. The van der Waals surface area contributed by atoms with Crippen molar-refractivity contribution in [1.82, 2.24) is 29.8 Å². The number of aryl methyl sites for hydroxylation is 2. The first-order chi connectivity index (χ1) is 14.1. The van der Waals surface area contributed by atoms with Gasteiger partial charge in [-0.2, -0.15) is 10.2 Å². The molecule has 0 spiro atoms. The number of benzene rings is 1. The third kappa shape index (κ3) is 4.53. The molecule has 1 fully saturated rings. The number of nitrogens with zero attached hydrogens (tertiary/aromatic N) is 6. The Labute approximate surface area is 195 Å². The molecule has 0 bridgehead atoms. The molecule has 7 nitrogen and oxygen atoms in total. The topological polar surface area (TPSA) is 63.3 Å². The second-order valence-electron chi connectivity index (χ2n) is 7.68. The van der Waals surface area contributed by atoms with E-state index in [2.05, 4.69) is 52.5 Å². The normalized spacial score (nSPS) is 16.6. The summed E-state index contributed by atoms with van der Waals surface area (Å²) in [5.74, 6) is 1.45. The fourth-order valence-electron chi connectivity index (χ4n) is 4.13. The van der Waals surface area contributed by atoms with Crippen molar-refractivity contribution in [3.63, 3.8) is 0 Å². The van der Waals surface area contributed by atoms with Gasteiger partial charge >= 0.3 is 0 Å². The van der Waals surface area contributed by atoms with Crippen LogP contribution in [-0.4, -0.2) is 50.6 Å². The van der Waals surface area contributed by atoms with Crippen molar-refractivity contribution in [3.8, 4) is 5.69 Å². The zero-order valence-electron chi connectivity index (χ0n) is 18.0. The van der Waals surface area contributed by atoms with Crippen molar-refractivity contribution in [2.45, 2.75) is 32.7 Å². The lowest BCUT2D eigenvalue weighted by Crippen LogP contribution is -2.39. The Balaban J connectivity index is 0.00000256. The van der Waals surface area contributed by atoms with Crippen LogP contribution in [0.25, 0.3) is 5.69 Å². The van der Waals surface area contributed by atoms with Gasteiger partial charge in [0.05, 0.1) is 17.6 Å². The summed E-state index contributed by atoms with van der Waals surface area (Å²) in [7, 11) is 3.82. The number of aliphatic imine (C=N–C) groups is 1. The molecule has 1 unspecified atom stereocenters. The van der Waals surface area contributed by atoms with E-state index < -0.39 is 0 Å². The molecule has 1 saturated heterocycles. The highest BCUT2D eigenvalue weighted by Gasteiger charge is 2.27. The Bertz CT molecular complexity index is 1010. The van der Waals surface area contributed by atoms with E-state index in [0.717, 1.165) is 42.5 Å². The van der Waals surface area contributed by atoms with Crippen molar-refractivity contribution >= 4 is 29.9 Å². The minimum atomic E-state index is 0. The SMILES string of the molecule is CN=C(NCc1c(C)nn(-c2ccccc2)c1C)N1CCC(c2cnn(C)c2)C1.I. The molecule has 0 amide bonds. The minimum absolute atomic E-state index is 0. The van der Waals surface area contributed by atoms with Gasteiger partial charge < -0.3 is 10.2 Å². The van der Waals surface area contributed by atoms with Gasteiger partial charge in [-0.3, -0.25) is 9.67 Å². The van der Waals surface area contributed by atoms with E-state index in [9.17, 15) is 0 Å². The molecular formula is C22H30IN7. The highest BCUT2D eigenvalue weighted by Crippen LogP contribution is 2.27. The number of aromatic nitrogens is 4. The summed E-state index contributed by atoms with van der Waals surface area (Å²) < 4.78 is 3.89. The lowest BCUT2D eigenvalue weighted by atomic mass is 10.0. The smallest absolute Gasteiger partial charge is 0.193 e. The summed E-state index contributed by atoms with van der Waals surface area (Å²) in [5, 5.41) is 12.6. The van der Waals surface area contributed by atoms with Gasteiger partial charge in [0.15, 0.2) is 5.96 Å². The fourth-order valence-corrected chi connectivity index (χ4v) is 4.13. The van der Waals surface area contributed by atoms with E-state index in [4.69, 9.17) is 5.10 Å². The van der Waals surface area contributed by atoms with Crippen LogP contribution in [0.2, 0.25) is 0 Å². The number of nitrogens with one attached hydrogen (secondary N) is 1. The quantitative estimate of drug-likeness (QED) is 0.326. The van der Waals surface area contributed by atoms with Gasteiger partial charge in [-0.05, 0) is 38.0 Å². The van der Waals surface area contributed by atoms with Gasteiger partial charge in [-0.1, -0.05) is 18.2 Å². The molecule has 30 heavy (non-hydrogen) atoms. The van der Waals surface area contributed by atoms with Gasteiger partial charge in [0.25, 0.3) is 0 Å². The van der Waals surface area contributed by atoms with Crippen LogP contribution in [0.3, 0.4) is 0 Å². The molecule has 3 aromatic rings. The van der Waals surface area contributed by atoms with Crippen molar-refractivity contribution in [2.24, 2.45) is 12.0 Å². The van der Waals surface area contributed by atoms with Crippen molar-refractivity contribution in [2.75, 3.05) is 20.1 Å². The Morgan fingerprint density at radius 1 is 1.23 bits per heavy atom. The minimum Gasteiger partial charge on any atom is -0.352 e. The summed E-state index contributed by atoms with van der Waals surface area (Å²) >= 11 is 0. The number of likely N-dealkylation sites (tertiary alicyclic amines) is 1. The molecule has 0 aliphatic carbocycles. The highest BCUT2D eigenvalue weighted by atomic mass is 127. The van der Waals surface area contributed by atoms with E-state index in [1.165, 1.54) is 11.1 Å². The zero-order valence-corrected chi connectivity index (χ0v) is 20.4. The second kappa shape index (κ2) is 9.63. The number of hydrogen-bond donors (Lipinski definition) is 1. The maximum Gasteiger partial charge on any atom is 0.193 e. The Morgan fingerprint density at radius 3 is 2.67 bits per heavy atom. The standard InChI is InChI=1S/C22H29N7.HI/c1-16-21(17(2)29(26-16)20-8-6-5-7-9-20)13-24-22(23-3)28-11-10-18(15-28)19-12-25-27(4)14-19;/h5-9,12,14,18H,10-11,13,15H2,1-4H3,(H,23,24);1H. The van der Waals surface area contributed by atoms with Crippen LogP contribution in [0.1, 0.15) is 34.9 Å². The third-order valence-electron chi connectivity index (χ3n) is 5.76. The molecule has 3 heterocycles. The molecule has 1 aliphatic rings. The van der Waals surface area contributed by atoms with Crippen LogP contribution in [-0.2, 0) is 13.6 Å². The number of halogens is 1. The van der Waals surface area contributed by atoms with E-state index in [-0.39, 0.29) is 24.0 Å². The van der Waals surface area contributed by atoms with Crippen LogP contribution in [0.15, 0.2) is 47.7 Å². The first-order valence-electron chi connectivity index (χ1n) is 10.1. The van der Waals surface area contributed by atoms with Crippen LogP contribution >= 0.6 is 24.0 Å². The molecule has 1 aliphatic heterocycles. The van der Waals surface area contributed by atoms with E-state index in [0.29, 0.717) is 12.5 Å². The maximum absolute atomic E-state index is 4.75. The largest absolute Gasteiger partial charge is 0.352 e. The van der Waals surface area contributed by atoms with Gasteiger partial charge in [0.1, 0.15) is 0 Å². The van der Waals surface area contributed by atoms with Crippen LogP contribution in [0, 0.1) is 13.8 Å². The second-order valence-corrected chi connectivity index (χ2v) is 7.68. The Hall–Kier alpha value is -2.36. The average Bonchev–Trinajstić information content (AvgIpc) is 3.44. The third-order valence-corrected chi connectivity index (χ3v) is 5.76. The Kier molecular flexibility index (Phi) is 7.17. The fraction of sp³-hybridized carbons (Fsp3) is 0.409. The summed E-state index contributed by atoms with van der Waals surface area (Å²) in [6.45, 7) is 6.87. The predicted octanol–water partition coefficient (Wildman–Crippen LogP) is 3.41. The zero-order chi connectivity index (χ0) is 20.4. The van der Waals surface area contributed by atoms with E-state index >= 15 is 0 Å². The molecule has 160 valence electrons. The highest BCUT2D eigenvalue weighted by molar-refractivity contribution is 14.0. The van der Waals surface area contributed by atoms with Crippen molar-refractivity contribution < 1.29 is 0 Å². The summed E-state index contributed by atoms with van der Waals surface area (Å²) in [6.07, 6.45) is 5.22. The number of guanidine groups is 1.